The molecule has 0 saturated carbocycles. The molecular weight excluding hydrogens is 661 g/mol. The monoisotopic (exact) mass is 702 g/mol. The maximum absolute atomic E-state index is 13.4. The molecule has 0 atom stereocenters. The van der Waals surface area contributed by atoms with E-state index in [0.29, 0.717) is 12.1 Å². The topological polar surface area (TPSA) is 111 Å². The fraction of sp³-hybridized carbons (Fsp3) is 0.275. The van der Waals surface area contributed by atoms with Gasteiger partial charge in [-0.25, -0.2) is 23.1 Å². The molecule has 51 heavy (non-hydrogen) atoms. The Bertz CT molecular complexity index is 2260. The summed E-state index contributed by atoms with van der Waals surface area (Å²) in [5.41, 5.74) is 7.73. The smallest absolute Gasteiger partial charge is 0.264 e. The molecule has 0 radical (unpaired) electrons. The van der Waals surface area contributed by atoms with E-state index in [0.717, 1.165) is 97.0 Å². The standard InChI is InChI=1S/C40H42N6O4S/c1-3-9-38-42-39-29(2)24-33(35-27-45(28-41-35)19-18-44-20-22-50-23-21-44)25-36(39)46(38)26-30-14-16-31(17-15-30)34-12-7-8-13-37(34)51(48,49)43-40(47)32-10-5-4-6-11-32/h4-8,10-17,24-25,27-28H,3,9,18-23,26H2,1-2H3,(H,43,47). The fourth-order valence-electron chi connectivity index (χ4n) is 6.63. The first kappa shape index (κ1) is 34.4. The summed E-state index contributed by atoms with van der Waals surface area (Å²) in [5.74, 6) is 0.352. The van der Waals surface area contributed by atoms with Gasteiger partial charge in [-0.2, -0.15) is 0 Å². The number of amides is 1. The minimum Gasteiger partial charge on any atom is -0.379 e. The van der Waals surface area contributed by atoms with Crippen molar-refractivity contribution in [2.24, 2.45) is 0 Å². The summed E-state index contributed by atoms with van der Waals surface area (Å²) < 4.78 is 39.0. The van der Waals surface area contributed by atoms with Gasteiger partial charge < -0.3 is 13.9 Å². The molecule has 1 aliphatic rings. The number of benzene rings is 4. The third-order valence-electron chi connectivity index (χ3n) is 9.35. The molecule has 10 nitrogen and oxygen atoms in total. The largest absolute Gasteiger partial charge is 0.379 e. The number of imidazole rings is 2. The Balaban J connectivity index is 1.14. The first-order chi connectivity index (χ1) is 24.8. The normalized spacial score (nSPS) is 13.8. The molecule has 4 aromatic carbocycles. The molecule has 0 bridgehead atoms. The second-order valence-corrected chi connectivity index (χ2v) is 14.6. The number of fused-ring (bicyclic) bond motifs is 1. The summed E-state index contributed by atoms with van der Waals surface area (Å²) in [6.45, 7) is 10.2. The lowest BCUT2D eigenvalue weighted by Gasteiger charge is -2.26. The number of aryl methyl sites for hydroxylation is 2. The van der Waals surface area contributed by atoms with Gasteiger partial charge in [0.2, 0.25) is 0 Å². The van der Waals surface area contributed by atoms with Gasteiger partial charge in [0, 0.05) is 62.0 Å². The lowest BCUT2D eigenvalue weighted by molar-refractivity contribution is 0.0364. The lowest BCUT2D eigenvalue weighted by atomic mass is 10.0. The van der Waals surface area contributed by atoms with Gasteiger partial charge in [-0.3, -0.25) is 9.69 Å². The molecule has 1 amide bonds. The maximum atomic E-state index is 13.4. The fourth-order valence-corrected chi connectivity index (χ4v) is 7.83. The number of rotatable bonds is 12. The van der Waals surface area contributed by atoms with Crippen LogP contribution in [-0.2, 0) is 34.3 Å². The highest BCUT2D eigenvalue weighted by molar-refractivity contribution is 7.90. The van der Waals surface area contributed by atoms with Gasteiger partial charge in [-0.05, 0) is 60.4 Å². The van der Waals surface area contributed by atoms with E-state index in [9.17, 15) is 13.2 Å². The van der Waals surface area contributed by atoms with E-state index in [2.05, 4.69) is 50.9 Å². The minimum atomic E-state index is -4.14. The molecular formula is C40H42N6O4S. The van der Waals surface area contributed by atoms with Crippen molar-refractivity contribution in [2.45, 2.75) is 44.7 Å². The van der Waals surface area contributed by atoms with Gasteiger partial charge >= 0.3 is 0 Å². The second kappa shape index (κ2) is 15.0. The van der Waals surface area contributed by atoms with Gasteiger partial charge in [0.05, 0.1) is 41.2 Å². The summed E-state index contributed by atoms with van der Waals surface area (Å²) in [7, 11) is -4.14. The van der Waals surface area contributed by atoms with Crippen LogP contribution in [0.3, 0.4) is 0 Å². The van der Waals surface area contributed by atoms with Crippen LogP contribution in [0.25, 0.3) is 33.4 Å². The Hall–Kier alpha value is -5.10. The Labute approximate surface area is 298 Å². The molecule has 3 heterocycles. The predicted octanol–water partition coefficient (Wildman–Crippen LogP) is 6.33. The average molecular weight is 703 g/mol. The van der Waals surface area contributed by atoms with Crippen molar-refractivity contribution in [1.82, 2.24) is 28.7 Å². The number of carbonyl (C=O) groups excluding carboxylic acids is 1. The molecule has 1 N–H and O–H groups in total. The molecule has 262 valence electrons. The molecule has 1 fully saturated rings. The molecule has 0 aliphatic carbocycles. The number of nitrogens with zero attached hydrogens (tertiary/aromatic N) is 5. The van der Waals surface area contributed by atoms with Crippen molar-refractivity contribution >= 4 is 27.0 Å². The number of aromatic nitrogens is 4. The van der Waals surface area contributed by atoms with Crippen LogP contribution in [0.2, 0.25) is 0 Å². The number of carbonyl (C=O) groups is 1. The van der Waals surface area contributed by atoms with Crippen molar-refractivity contribution < 1.29 is 17.9 Å². The van der Waals surface area contributed by atoms with Crippen LogP contribution >= 0.6 is 0 Å². The van der Waals surface area contributed by atoms with Crippen molar-refractivity contribution in [3.8, 4) is 22.4 Å². The third-order valence-corrected chi connectivity index (χ3v) is 10.7. The van der Waals surface area contributed by atoms with Gasteiger partial charge in [0.1, 0.15) is 5.82 Å². The van der Waals surface area contributed by atoms with Crippen molar-refractivity contribution in [1.29, 1.82) is 0 Å². The average Bonchev–Trinajstić information content (AvgIpc) is 3.77. The quantitative estimate of drug-likeness (QED) is 0.159. The van der Waals surface area contributed by atoms with Crippen LogP contribution in [0.15, 0.2) is 108 Å². The minimum absolute atomic E-state index is 0.0411. The summed E-state index contributed by atoms with van der Waals surface area (Å²) in [6.07, 6.45) is 5.85. The highest BCUT2D eigenvalue weighted by atomic mass is 32.2. The number of hydrogen-bond acceptors (Lipinski definition) is 7. The molecule has 11 heteroatoms. The molecule has 0 spiro atoms. The van der Waals surface area contributed by atoms with Crippen LogP contribution in [0.1, 0.15) is 40.7 Å². The zero-order valence-electron chi connectivity index (χ0n) is 29.0. The van der Waals surface area contributed by atoms with Crippen LogP contribution in [-0.4, -0.2) is 71.2 Å². The van der Waals surface area contributed by atoms with E-state index in [4.69, 9.17) is 14.7 Å². The summed E-state index contributed by atoms with van der Waals surface area (Å²) >= 11 is 0. The number of ether oxygens (including phenoxy) is 1. The molecule has 0 unspecified atom stereocenters. The number of morpholine rings is 1. The zero-order chi connectivity index (χ0) is 35.4. The summed E-state index contributed by atoms with van der Waals surface area (Å²) in [5, 5.41) is 0. The molecule has 1 saturated heterocycles. The van der Waals surface area contributed by atoms with Crippen LogP contribution in [0, 0.1) is 6.92 Å². The Kier molecular flexibility index (Phi) is 10.1. The van der Waals surface area contributed by atoms with Gasteiger partial charge in [0.25, 0.3) is 15.9 Å². The zero-order valence-corrected chi connectivity index (χ0v) is 29.8. The van der Waals surface area contributed by atoms with Crippen LogP contribution < -0.4 is 4.72 Å². The number of nitrogens with one attached hydrogen (secondary N) is 1. The molecule has 1 aliphatic heterocycles. The van der Waals surface area contributed by atoms with Crippen molar-refractivity contribution in [3.63, 3.8) is 0 Å². The molecule has 6 aromatic rings. The first-order valence-corrected chi connectivity index (χ1v) is 18.9. The summed E-state index contributed by atoms with van der Waals surface area (Å²) in [4.78, 5) is 25.1. The van der Waals surface area contributed by atoms with E-state index in [-0.39, 0.29) is 10.5 Å². The van der Waals surface area contributed by atoms with Gasteiger partial charge in [-0.1, -0.05) is 67.6 Å². The van der Waals surface area contributed by atoms with E-state index in [1.165, 1.54) is 6.07 Å². The van der Waals surface area contributed by atoms with E-state index in [1.807, 2.05) is 30.6 Å². The Morgan fingerprint density at radius 2 is 1.65 bits per heavy atom. The third kappa shape index (κ3) is 7.65. The van der Waals surface area contributed by atoms with Gasteiger partial charge in [-0.15, -0.1) is 0 Å². The molecule has 7 rings (SSSR count). The lowest BCUT2D eigenvalue weighted by Crippen LogP contribution is -2.38. The first-order valence-electron chi connectivity index (χ1n) is 17.4. The molecule has 2 aromatic heterocycles. The van der Waals surface area contributed by atoms with Crippen LogP contribution in [0.4, 0.5) is 0 Å². The van der Waals surface area contributed by atoms with E-state index in [1.54, 1.807) is 48.5 Å². The van der Waals surface area contributed by atoms with E-state index >= 15 is 0 Å². The summed E-state index contributed by atoms with van der Waals surface area (Å²) in [6, 6.07) is 27.3. The highest BCUT2D eigenvalue weighted by Crippen LogP contribution is 2.31. The SMILES string of the molecule is CCCc1nc2c(C)cc(-c3cn(CCN4CCOCC4)cn3)cc2n1Cc1ccc(-c2ccccc2S(=O)(=O)NC(=O)c2ccccc2)cc1. The van der Waals surface area contributed by atoms with Gasteiger partial charge in [0.15, 0.2) is 0 Å². The number of hydrogen-bond donors (Lipinski definition) is 1. The van der Waals surface area contributed by atoms with E-state index < -0.39 is 15.9 Å². The predicted molar refractivity (Wildman–Crippen MR) is 199 cm³/mol. The highest BCUT2D eigenvalue weighted by Gasteiger charge is 2.23. The van der Waals surface area contributed by atoms with Crippen LogP contribution in [0.5, 0.6) is 0 Å². The Morgan fingerprint density at radius 1 is 0.902 bits per heavy atom. The van der Waals surface area contributed by atoms with Crippen molar-refractivity contribution in [3.05, 3.63) is 126 Å². The maximum Gasteiger partial charge on any atom is 0.264 e. The second-order valence-electron chi connectivity index (χ2n) is 13.0. The Morgan fingerprint density at radius 3 is 2.41 bits per heavy atom. The van der Waals surface area contributed by atoms with Crippen molar-refractivity contribution in [2.75, 3.05) is 32.8 Å². The number of sulfonamides is 1.